The molecule has 3 unspecified atom stereocenters. The van der Waals surface area contributed by atoms with Crippen molar-refractivity contribution in [2.24, 2.45) is 5.73 Å². The first-order chi connectivity index (χ1) is 8.20. The maximum absolute atomic E-state index is 11.9. The van der Waals surface area contributed by atoms with Gasteiger partial charge in [0.15, 0.2) is 0 Å². The second-order valence-corrected chi connectivity index (χ2v) is 5.09. The molecule has 1 fully saturated rings. The van der Waals surface area contributed by atoms with Crippen molar-refractivity contribution >= 4 is 17.2 Å². The first-order valence-corrected chi connectivity index (χ1v) is 6.64. The lowest BCUT2D eigenvalue weighted by atomic mass is 10.2. The van der Waals surface area contributed by atoms with E-state index >= 15 is 0 Å². The number of nitrogens with zero attached hydrogens (tertiary/aromatic N) is 1. The van der Waals surface area contributed by atoms with E-state index in [1.807, 2.05) is 12.3 Å². The van der Waals surface area contributed by atoms with Crippen LogP contribution in [0.5, 0.6) is 0 Å². The van der Waals surface area contributed by atoms with Crippen LogP contribution in [0.4, 0.5) is 0 Å². The number of hydrogen-bond acceptors (Lipinski definition) is 5. The molecule has 1 saturated heterocycles. The van der Waals surface area contributed by atoms with Crippen LogP contribution in [0.2, 0.25) is 0 Å². The van der Waals surface area contributed by atoms with Crippen molar-refractivity contribution in [3.05, 3.63) is 16.6 Å². The average Bonchev–Trinajstić information content (AvgIpc) is 3.00. The summed E-state index contributed by atoms with van der Waals surface area (Å²) in [6.45, 7) is 2.40. The summed E-state index contributed by atoms with van der Waals surface area (Å²) < 4.78 is 5.54. The predicted octanol–water partition coefficient (Wildman–Crippen LogP) is 0.827. The normalized spacial score (nSPS) is 25.8. The minimum Gasteiger partial charge on any atom is -0.364 e. The number of aromatic nitrogens is 1. The molecule has 3 N–H and O–H groups in total. The third-order valence-corrected chi connectivity index (χ3v) is 3.80. The Morgan fingerprint density at radius 2 is 2.59 bits per heavy atom. The van der Waals surface area contributed by atoms with Crippen LogP contribution in [-0.4, -0.2) is 29.6 Å². The zero-order valence-electron chi connectivity index (χ0n) is 9.76. The van der Waals surface area contributed by atoms with Gasteiger partial charge < -0.3 is 15.8 Å². The number of thiazole rings is 1. The molecule has 1 aliphatic heterocycles. The van der Waals surface area contributed by atoms with E-state index in [9.17, 15) is 4.79 Å². The van der Waals surface area contributed by atoms with Gasteiger partial charge >= 0.3 is 0 Å². The Labute approximate surface area is 104 Å². The van der Waals surface area contributed by atoms with Crippen LogP contribution in [0.15, 0.2) is 11.6 Å². The van der Waals surface area contributed by atoms with E-state index in [-0.39, 0.29) is 24.2 Å². The molecule has 0 radical (unpaired) electrons. The third kappa shape index (κ3) is 3.02. The summed E-state index contributed by atoms with van der Waals surface area (Å²) in [5.41, 5.74) is 5.51. The highest BCUT2D eigenvalue weighted by Gasteiger charge is 2.30. The van der Waals surface area contributed by atoms with Gasteiger partial charge in [-0.15, -0.1) is 11.3 Å². The molecule has 1 amide bonds. The molecule has 1 aromatic heterocycles. The SMILES string of the molecule is CC(NC(=O)C1CCC(CN)O1)c1nccs1. The van der Waals surface area contributed by atoms with Crippen molar-refractivity contribution in [1.29, 1.82) is 0 Å². The molecule has 0 aromatic carbocycles. The third-order valence-electron chi connectivity index (χ3n) is 2.84. The quantitative estimate of drug-likeness (QED) is 0.835. The van der Waals surface area contributed by atoms with E-state index < -0.39 is 0 Å². The van der Waals surface area contributed by atoms with Crippen molar-refractivity contribution < 1.29 is 9.53 Å². The molecule has 0 bridgehead atoms. The Balaban J connectivity index is 1.85. The Morgan fingerprint density at radius 1 is 1.76 bits per heavy atom. The summed E-state index contributed by atoms with van der Waals surface area (Å²) in [4.78, 5) is 16.1. The second kappa shape index (κ2) is 5.57. The zero-order valence-corrected chi connectivity index (χ0v) is 10.6. The number of hydrogen-bond donors (Lipinski definition) is 2. The van der Waals surface area contributed by atoms with Gasteiger partial charge in [-0.25, -0.2) is 4.98 Å². The van der Waals surface area contributed by atoms with Crippen LogP contribution in [-0.2, 0) is 9.53 Å². The molecule has 1 aliphatic rings. The number of nitrogens with one attached hydrogen (secondary N) is 1. The molecule has 0 saturated carbocycles. The highest BCUT2D eigenvalue weighted by Crippen LogP contribution is 2.21. The van der Waals surface area contributed by atoms with Gasteiger partial charge in [0, 0.05) is 18.1 Å². The van der Waals surface area contributed by atoms with Gasteiger partial charge in [-0.3, -0.25) is 4.79 Å². The van der Waals surface area contributed by atoms with Crippen LogP contribution < -0.4 is 11.1 Å². The Kier molecular flexibility index (Phi) is 4.09. The number of carbonyl (C=O) groups excluding carboxylic acids is 1. The fourth-order valence-corrected chi connectivity index (χ4v) is 2.53. The molecule has 94 valence electrons. The molecular weight excluding hydrogens is 238 g/mol. The zero-order chi connectivity index (χ0) is 12.3. The van der Waals surface area contributed by atoms with Gasteiger partial charge in [-0.2, -0.15) is 0 Å². The highest BCUT2D eigenvalue weighted by atomic mass is 32.1. The minimum absolute atomic E-state index is 0.0286. The fourth-order valence-electron chi connectivity index (χ4n) is 1.89. The molecule has 2 heterocycles. The standard InChI is InChI=1S/C11H17N3O2S/c1-7(11-13-4-5-17-11)14-10(15)9-3-2-8(6-12)16-9/h4-5,7-9H,2-3,6,12H2,1H3,(H,14,15). The first kappa shape index (κ1) is 12.5. The predicted molar refractivity (Wildman–Crippen MR) is 65.6 cm³/mol. The maximum atomic E-state index is 11.9. The Hall–Kier alpha value is -0.980. The summed E-state index contributed by atoms with van der Waals surface area (Å²) in [6, 6.07) is -0.0666. The van der Waals surface area contributed by atoms with E-state index in [0.29, 0.717) is 6.54 Å². The van der Waals surface area contributed by atoms with Crippen molar-refractivity contribution in [1.82, 2.24) is 10.3 Å². The molecule has 0 aliphatic carbocycles. The molecule has 6 heteroatoms. The lowest BCUT2D eigenvalue weighted by Gasteiger charge is -2.16. The van der Waals surface area contributed by atoms with Crippen LogP contribution in [0.3, 0.4) is 0 Å². The first-order valence-electron chi connectivity index (χ1n) is 5.76. The monoisotopic (exact) mass is 255 g/mol. The van der Waals surface area contributed by atoms with Crippen molar-refractivity contribution in [2.45, 2.75) is 38.0 Å². The van der Waals surface area contributed by atoms with Crippen molar-refractivity contribution in [2.75, 3.05) is 6.54 Å². The van der Waals surface area contributed by atoms with Crippen molar-refractivity contribution in [3.63, 3.8) is 0 Å². The average molecular weight is 255 g/mol. The minimum atomic E-state index is -0.356. The van der Waals surface area contributed by atoms with E-state index in [1.54, 1.807) is 6.20 Å². The number of rotatable bonds is 4. The Bertz CT molecular complexity index is 369. The van der Waals surface area contributed by atoms with E-state index in [1.165, 1.54) is 11.3 Å². The fraction of sp³-hybridized carbons (Fsp3) is 0.636. The van der Waals surface area contributed by atoms with E-state index in [4.69, 9.17) is 10.5 Å². The summed E-state index contributed by atoms with van der Waals surface area (Å²) in [7, 11) is 0. The van der Waals surface area contributed by atoms with Crippen LogP contribution in [0.25, 0.3) is 0 Å². The second-order valence-electron chi connectivity index (χ2n) is 4.16. The maximum Gasteiger partial charge on any atom is 0.249 e. The summed E-state index contributed by atoms with van der Waals surface area (Å²) in [6.07, 6.45) is 3.02. The smallest absolute Gasteiger partial charge is 0.249 e. The number of ether oxygens (including phenoxy) is 1. The lowest BCUT2D eigenvalue weighted by Crippen LogP contribution is -2.36. The van der Waals surface area contributed by atoms with Gasteiger partial charge in [0.1, 0.15) is 11.1 Å². The Morgan fingerprint density at radius 3 is 3.18 bits per heavy atom. The number of carbonyl (C=O) groups is 1. The molecule has 1 aromatic rings. The molecule has 0 spiro atoms. The number of amides is 1. The molecule has 5 nitrogen and oxygen atoms in total. The molecule has 3 atom stereocenters. The van der Waals surface area contributed by atoms with E-state index in [0.717, 1.165) is 17.8 Å². The molecule has 17 heavy (non-hydrogen) atoms. The van der Waals surface area contributed by atoms with Crippen LogP contribution in [0, 0.1) is 0 Å². The van der Waals surface area contributed by atoms with Crippen LogP contribution >= 0.6 is 11.3 Å². The van der Waals surface area contributed by atoms with Gasteiger partial charge in [0.2, 0.25) is 5.91 Å². The summed E-state index contributed by atoms with van der Waals surface area (Å²) >= 11 is 1.53. The molecular formula is C11H17N3O2S. The largest absolute Gasteiger partial charge is 0.364 e. The summed E-state index contributed by atoms with van der Waals surface area (Å²) in [5.74, 6) is -0.0661. The topological polar surface area (TPSA) is 77.2 Å². The van der Waals surface area contributed by atoms with Gasteiger partial charge in [-0.05, 0) is 19.8 Å². The van der Waals surface area contributed by atoms with Gasteiger partial charge in [-0.1, -0.05) is 0 Å². The molecule has 2 rings (SSSR count). The van der Waals surface area contributed by atoms with Crippen LogP contribution in [0.1, 0.15) is 30.8 Å². The lowest BCUT2D eigenvalue weighted by molar-refractivity contribution is -0.132. The highest BCUT2D eigenvalue weighted by molar-refractivity contribution is 7.09. The van der Waals surface area contributed by atoms with Gasteiger partial charge in [0.25, 0.3) is 0 Å². The van der Waals surface area contributed by atoms with E-state index in [2.05, 4.69) is 10.3 Å². The van der Waals surface area contributed by atoms with Gasteiger partial charge in [0.05, 0.1) is 12.1 Å². The number of nitrogens with two attached hydrogens (primary N) is 1. The summed E-state index contributed by atoms with van der Waals surface area (Å²) in [5, 5.41) is 5.72. The van der Waals surface area contributed by atoms with Crippen molar-refractivity contribution in [3.8, 4) is 0 Å².